The molecule has 1 N–H and O–H groups in total. The minimum Gasteiger partial charge on any atom is -0.480 e. The number of likely N-dealkylation sites (N-methyl/N-ethyl adjacent to an activating group) is 1. The quantitative estimate of drug-likeness (QED) is 0.602. The Balaban J connectivity index is 4.44. The van der Waals surface area contributed by atoms with Gasteiger partial charge in [0, 0.05) is 7.05 Å². The fourth-order valence-electron chi connectivity index (χ4n) is 0.857. The third kappa shape index (κ3) is 2.27. The van der Waals surface area contributed by atoms with Crippen LogP contribution in [0.2, 0.25) is 0 Å². The summed E-state index contributed by atoms with van der Waals surface area (Å²) >= 11 is 0. The molecule has 0 saturated carbocycles. The number of carboxylic acids is 1. The zero-order valence-electron chi connectivity index (χ0n) is 7.07. The Morgan fingerprint density at radius 2 is 2.17 bits per heavy atom. The summed E-state index contributed by atoms with van der Waals surface area (Å²) in [7, 11) is 1.38. The third-order valence-corrected chi connectivity index (χ3v) is 1.58. The van der Waals surface area contributed by atoms with Crippen LogP contribution in [-0.2, 0) is 9.59 Å². The predicted molar refractivity (Wildman–Crippen MR) is 43.3 cm³/mol. The molecule has 1 atom stereocenters. The summed E-state index contributed by atoms with van der Waals surface area (Å²) < 4.78 is 0. The average Bonchev–Trinajstić information content (AvgIpc) is 2.03. The number of hydrogen-bond donors (Lipinski definition) is 1. The highest BCUT2D eigenvalue weighted by Crippen LogP contribution is 2.01. The number of terminal acetylenes is 1. The summed E-state index contributed by atoms with van der Waals surface area (Å²) in [5, 5.41) is 8.63. The van der Waals surface area contributed by atoms with E-state index in [4.69, 9.17) is 11.5 Å². The van der Waals surface area contributed by atoms with Gasteiger partial charge in [0.1, 0.15) is 6.04 Å². The van der Waals surface area contributed by atoms with Crippen molar-refractivity contribution in [2.45, 2.75) is 19.4 Å². The molecule has 0 radical (unpaired) electrons. The minimum absolute atomic E-state index is 0.346. The van der Waals surface area contributed by atoms with E-state index in [0.717, 1.165) is 4.90 Å². The van der Waals surface area contributed by atoms with E-state index < -0.39 is 17.9 Å². The molecule has 0 aliphatic heterocycles. The molecule has 0 spiro atoms. The Bertz CT molecular complexity index is 229. The average molecular weight is 169 g/mol. The van der Waals surface area contributed by atoms with Gasteiger partial charge in [0.05, 0.1) is 0 Å². The molecular weight excluding hydrogens is 158 g/mol. The van der Waals surface area contributed by atoms with Gasteiger partial charge in [0.15, 0.2) is 0 Å². The van der Waals surface area contributed by atoms with Crippen LogP contribution < -0.4 is 0 Å². The van der Waals surface area contributed by atoms with Crippen molar-refractivity contribution in [3.8, 4) is 12.3 Å². The lowest BCUT2D eigenvalue weighted by Crippen LogP contribution is -2.41. The number of hydrogen-bond acceptors (Lipinski definition) is 2. The summed E-state index contributed by atoms with van der Waals surface area (Å²) in [5.74, 6) is 0.213. The number of rotatable bonds is 3. The van der Waals surface area contributed by atoms with Gasteiger partial charge >= 0.3 is 5.97 Å². The summed E-state index contributed by atoms with van der Waals surface area (Å²) in [5.41, 5.74) is 0. The van der Waals surface area contributed by atoms with Crippen molar-refractivity contribution in [2.24, 2.45) is 0 Å². The first-order valence-electron chi connectivity index (χ1n) is 3.50. The van der Waals surface area contributed by atoms with Crippen molar-refractivity contribution in [1.82, 2.24) is 4.90 Å². The molecule has 12 heavy (non-hydrogen) atoms. The lowest BCUT2D eigenvalue weighted by molar-refractivity contribution is -0.147. The summed E-state index contributed by atoms with van der Waals surface area (Å²) in [6.07, 6.45) is 5.18. The smallest absolute Gasteiger partial charge is 0.326 e. The number of amides is 1. The number of aliphatic carboxylic acids is 1. The van der Waals surface area contributed by atoms with Gasteiger partial charge < -0.3 is 10.0 Å². The van der Waals surface area contributed by atoms with Crippen molar-refractivity contribution < 1.29 is 14.7 Å². The van der Waals surface area contributed by atoms with Crippen LogP contribution in [0.3, 0.4) is 0 Å². The monoisotopic (exact) mass is 169 g/mol. The molecular formula is C8H11NO3. The zero-order valence-corrected chi connectivity index (χ0v) is 7.07. The molecule has 0 bridgehead atoms. The molecule has 0 aliphatic carbocycles. The molecule has 0 aromatic rings. The number of nitrogens with zero attached hydrogens (tertiary/aromatic N) is 1. The number of carboxylic acid groups (broad SMARTS) is 1. The SMILES string of the molecule is C#CC(=O)N(C)C(CC)C(=O)O. The Morgan fingerprint density at radius 3 is 2.42 bits per heavy atom. The molecule has 0 rings (SSSR count). The summed E-state index contributed by atoms with van der Waals surface area (Å²) in [4.78, 5) is 22.4. The summed E-state index contributed by atoms with van der Waals surface area (Å²) in [6.45, 7) is 1.68. The van der Waals surface area contributed by atoms with E-state index >= 15 is 0 Å². The van der Waals surface area contributed by atoms with E-state index in [9.17, 15) is 9.59 Å². The molecule has 0 aliphatic rings. The first kappa shape index (κ1) is 10.5. The van der Waals surface area contributed by atoms with E-state index in [1.807, 2.05) is 5.92 Å². The summed E-state index contributed by atoms with van der Waals surface area (Å²) in [6, 6.07) is -0.825. The van der Waals surface area contributed by atoms with Crippen LogP contribution in [0.4, 0.5) is 0 Å². The molecule has 4 heteroatoms. The van der Waals surface area contributed by atoms with Crippen LogP contribution in [0.1, 0.15) is 13.3 Å². The van der Waals surface area contributed by atoms with Gasteiger partial charge in [0.2, 0.25) is 0 Å². The van der Waals surface area contributed by atoms with Gasteiger partial charge in [-0.25, -0.2) is 4.79 Å². The molecule has 4 nitrogen and oxygen atoms in total. The highest BCUT2D eigenvalue weighted by atomic mass is 16.4. The van der Waals surface area contributed by atoms with Gasteiger partial charge in [-0.05, 0) is 12.3 Å². The maximum atomic E-state index is 10.8. The molecule has 1 amide bonds. The van der Waals surface area contributed by atoms with Crippen LogP contribution >= 0.6 is 0 Å². The molecule has 0 saturated heterocycles. The second kappa shape index (κ2) is 4.39. The number of carbonyl (C=O) groups is 2. The fraction of sp³-hybridized carbons (Fsp3) is 0.500. The molecule has 0 aromatic carbocycles. The topological polar surface area (TPSA) is 57.6 Å². The van der Waals surface area contributed by atoms with Gasteiger partial charge in [-0.15, -0.1) is 6.42 Å². The van der Waals surface area contributed by atoms with Gasteiger partial charge in [0.25, 0.3) is 5.91 Å². The van der Waals surface area contributed by atoms with Gasteiger partial charge in [-0.1, -0.05) is 6.92 Å². The Kier molecular flexibility index (Phi) is 3.84. The highest BCUT2D eigenvalue weighted by Gasteiger charge is 2.23. The first-order chi connectivity index (χ1) is 5.54. The van der Waals surface area contributed by atoms with E-state index in [0.29, 0.717) is 6.42 Å². The lowest BCUT2D eigenvalue weighted by Gasteiger charge is -2.20. The van der Waals surface area contributed by atoms with E-state index in [1.54, 1.807) is 6.92 Å². The molecule has 1 unspecified atom stereocenters. The fourth-order valence-corrected chi connectivity index (χ4v) is 0.857. The van der Waals surface area contributed by atoms with E-state index in [1.165, 1.54) is 7.05 Å². The second-order valence-electron chi connectivity index (χ2n) is 2.32. The molecule has 0 heterocycles. The van der Waals surface area contributed by atoms with Crippen LogP contribution in [0.15, 0.2) is 0 Å². The largest absolute Gasteiger partial charge is 0.480 e. The van der Waals surface area contributed by atoms with Crippen molar-refractivity contribution >= 4 is 11.9 Å². The minimum atomic E-state index is -1.04. The first-order valence-corrected chi connectivity index (χ1v) is 3.50. The Morgan fingerprint density at radius 1 is 1.67 bits per heavy atom. The van der Waals surface area contributed by atoms with Crippen molar-refractivity contribution in [1.29, 1.82) is 0 Å². The number of carbonyl (C=O) groups excluding carboxylic acids is 1. The maximum Gasteiger partial charge on any atom is 0.326 e. The van der Waals surface area contributed by atoms with Crippen LogP contribution in [0, 0.1) is 12.3 Å². The van der Waals surface area contributed by atoms with Gasteiger partial charge in [-0.3, -0.25) is 4.79 Å². The zero-order chi connectivity index (χ0) is 9.72. The lowest BCUT2D eigenvalue weighted by atomic mass is 10.2. The molecule has 66 valence electrons. The third-order valence-electron chi connectivity index (χ3n) is 1.58. The molecule has 0 aromatic heterocycles. The Labute approximate surface area is 71.2 Å². The normalized spacial score (nSPS) is 11.4. The highest BCUT2D eigenvalue weighted by molar-refractivity contribution is 5.95. The van der Waals surface area contributed by atoms with E-state index in [-0.39, 0.29) is 0 Å². The van der Waals surface area contributed by atoms with Crippen LogP contribution in [0.25, 0.3) is 0 Å². The van der Waals surface area contributed by atoms with Crippen LogP contribution in [0.5, 0.6) is 0 Å². The predicted octanol–water partition coefficient (Wildman–Crippen LogP) is -0.0588. The Hall–Kier alpha value is -1.50. The van der Waals surface area contributed by atoms with Crippen molar-refractivity contribution in [3.63, 3.8) is 0 Å². The standard InChI is InChI=1S/C8H11NO3/c1-4-6(8(11)12)9(3)7(10)5-2/h2,6H,4H2,1,3H3,(H,11,12). The van der Waals surface area contributed by atoms with E-state index in [2.05, 4.69) is 0 Å². The second-order valence-corrected chi connectivity index (χ2v) is 2.32. The van der Waals surface area contributed by atoms with Gasteiger partial charge in [-0.2, -0.15) is 0 Å². The maximum absolute atomic E-state index is 10.8. The molecule has 0 fully saturated rings. The van der Waals surface area contributed by atoms with Crippen molar-refractivity contribution in [3.05, 3.63) is 0 Å². The van der Waals surface area contributed by atoms with Crippen LogP contribution in [-0.4, -0.2) is 35.0 Å². The van der Waals surface area contributed by atoms with Crippen molar-refractivity contribution in [2.75, 3.05) is 7.05 Å².